The second-order valence-corrected chi connectivity index (χ2v) is 6.52. The third-order valence-electron chi connectivity index (χ3n) is 4.56. The first-order valence-electron chi connectivity index (χ1n) is 8.96. The Morgan fingerprint density at radius 3 is 2.46 bits per heavy atom. The van der Waals surface area contributed by atoms with Crippen LogP contribution in [0.2, 0.25) is 0 Å². The maximum Gasteiger partial charge on any atom is 0.251 e. The quantitative estimate of drug-likeness (QED) is 0.584. The maximum atomic E-state index is 12.5. The van der Waals surface area contributed by atoms with Crippen LogP contribution in [0.1, 0.15) is 29.1 Å². The van der Waals surface area contributed by atoms with Gasteiger partial charge < -0.3 is 9.88 Å². The Labute approximate surface area is 162 Å². The van der Waals surface area contributed by atoms with E-state index in [2.05, 4.69) is 20.4 Å². The van der Waals surface area contributed by atoms with Crippen molar-refractivity contribution in [2.75, 3.05) is 0 Å². The minimum absolute atomic E-state index is 0.156. The molecule has 0 aliphatic rings. The van der Waals surface area contributed by atoms with Crippen LogP contribution in [0, 0.1) is 0 Å². The van der Waals surface area contributed by atoms with Gasteiger partial charge in [-0.1, -0.05) is 30.3 Å². The summed E-state index contributed by atoms with van der Waals surface area (Å²) in [7, 11) is 1.80. The fraction of sp³-hybridized carbons (Fsp3) is 0.143. The van der Waals surface area contributed by atoms with E-state index in [0.717, 1.165) is 16.9 Å². The lowest BCUT2D eigenvalue weighted by Crippen LogP contribution is -2.28. The molecule has 4 rings (SSSR count). The van der Waals surface area contributed by atoms with E-state index in [1.165, 1.54) is 6.33 Å². The second-order valence-electron chi connectivity index (χ2n) is 6.52. The van der Waals surface area contributed by atoms with E-state index in [9.17, 15) is 4.79 Å². The molecule has 1 amide bonds. The van der Waals surface area contributed by atoms with Gasteiger partial charge in [-0.05, 0) is 31.2 Å². The predicted octanol–water partition coefficient (Wildman–Crippen LogP) is 3.16. The average molecular weight is 372 g/mol. The molecule has 0 unspecified atom stereocenters. The Kier molecular flexibility index (Phi) is 4.72. The highest BCUT2D eigenvalue weighted by atomic mass is 16.1. The fourth-order valence-corrected chi connectivity index (χ4v) is 3.05. The van der Waals surface area contributed by atoms with Crippen molar-refractivity contribution < 1.29 is 4.79 Å². The molecule has 0 bridgehead atoms. The zero-order chi connectivity index (χ0) is 19.5. The Morgan fingerprint density at radius 1 is 1.04 bits per heavy atom. The molecule has 0 spiro atoms. The molecule has 0 radical (unpaired) electrons. The smallest absolute Gasteiger partial charge is 0.251 e. The summed E-state index contributed by atoms with van der Waals surface area (Å²) in [5.74, 6) is 0.549. The van der Waals surface area contributed by atoms with E-state index in [-0.39, 0.29) is 11.9 Å². The van der Waals surface area contributed by atoms with Gasteiger partial charge in [0.05, 0.1) is 18.1 Å². The Morgan fingerprint density at radius 2 is 1.79 bits per heavy atom. The summed E-state index contributed by atoms with van der Waals surface area (Å²) in [6.45, 7) is 1.88. The van der Waals surface area contributed by atoms with Gasteiger partial charge in [-0.2, -0.15) is 5.10 Å². The van der Waals surface area contributed by atoms with Gasteiger partial charge in [0, 0.05) is 30.1 Å². The van der Waals surface area contributed by atoms with Gasteiger partial charge in [0.15, 0.2) is 0 Å². The normalized spacial score (nSPS) is 11.9. The molecule has 1 N–H and O–H groups in total. The molecule has 7 heteroatoms. The van der Waals surface area contributed by atoms with Crippen LogP contribution in [0.4, 0.5) is 0 Å². The Bertz CT molecular complexity index is 1080. The number of aryl methyl sites for hydroxylation is 1. The van der Waals surface area contributed by atoms with Gasteiger partial charge in [0.1, 0.15) is 12.2 Å². The van der Waals surface area contributed by atoms with Crippen molar-refractivity contribution in [1.82, 2.24) is 29.6 Å². The number of carbonyl (C=O) groups is 1. The number of imidazole rings is 1. The zero-order valence-corrected chi connectivity index (χ0v) is 15.6. The first-order valence-corrected chi connectivity index (χ1v) is 8.96. The van der Waals surface area contributed by atoms with Crippen molar-refractivity contribution >= 4 is 5.91 Å². The maximum absolute atomic E-state index is 12.5. The van der Waals surface area contributed by atoms with E-state index < -0.39 is 0 Å². The van der Waals surface area contributed by atoms with Crippen molar-refractivity contribution in [1.29, 1.82) is 0 Å². The number of hydrogen-bond acceptors (Lipinski definition) is 4. The van der Waals surface area contributed by atoms with Gasteiger partial charge in [0.25, 0.3) is 5.91 Å². The van der Waals surface area contributed by atoms with Crippen LogP contribution >= 0.6 is 0 Å². The summed E-state index contributed by atoms with van der Waals surface area (Å²) in [6.07, 6.45) is 5.23. The molecular formula is C21H20N6O. The fourth-order valence-electron chi connectivity index (χ4n) is 3.05. The highest BCUT2D eigenvalue weighted by molar-refractivity contribution is 5.94. The summed E-state index contributed by atoms with van der Waals surface area (Å²) in [5.41, 5.74) is 3.44. The Hall–Kier alpha value is -3.74. The first-order chi connectivity index (χ1) is 13.6. The molecule has 140 valence electrons. The minimum atomic E-state index is -0.235. The minimum Gasteiger partial charge on any atom is -0.342 e. The average Bonchev–Trinajstić information content (AvgIpc) is 3.38. The molecule has 0 fully saturated rings. The van der Waals surface area contributed by atoms with Gasteiger partial charge in [-0.25, -0.2) is 9.97 Å². The van der Waals surface area contributed by atoms with E-state index >= 15 is 0 Å². The molecule has 0 aliphatic heterocycles. The molecule has 7 nitrogen and oxygen atoms in total. The van der Waals surface area contributed by atoms with Crippen LogP contribution in [0.5, 0.6) is 0 Å². The van der Waals surface area contributed by atoms with Crippen molar-refractivity contribution in [3.05, 3.63) is 84.8 Å². The van der Waals surface area contributed by atoms with E-state index in [1.807, 2.05) is 60.2 Å². The van der Waals surface area contributed by atoms with Crippen LogP contribution in [-0.2, 0) is 7.05 Å². The van der Waals surface area contributed by atoms with Crippen LogP contribution < -0.4 is 5.32 Å². The van der Waals surface area contributed by atoms with Crippen LogP contribution in [0.3, 0.4) is 0 Å². The number of benzene rings is 2. The largest absolute Gasteiger partial charge is 0.342 e. The number of amides is 1. The van der Waals surface area contributed by atoms with E-state index in [1.54, 1.807) is 30.2 Å². The molecule has 0 saturated carbocycles. The monoisotopic (exact) mass is 372 g/mol. The van der Waals surface area contributed by atoms with Gasteiger partial charge >= 0.3 is 0 Å². The van der Waals surface area contributed by atoms with Crippen LogP contribution in [0.25, 0.3) is 16.9 Å². The number of para-hydroxylation sites is 1. The third-order valence-corrected chi connectivity index (χ3v) is 4.56. The number of carbonyl (C=O) groups excluding carboxylic acids is 1. The van der Waals surface area contributed by atoms with Crippen molar-refractivity contribution in [3.63, 3.8) is 0 Å². The summed E-state index contributed by atoms with van der Waals surface area (Å²) < 4.78 is 3.62. The third kappa shape index (κ3) is 3.55. The van der Waals surface area contributed by atoms with E-state index in [4.69, 9.17) is 0 Å². The lowest BCUT2D eigenvalue weighted by atomic mass is 10.1. The molecule has 28 heavy (non-hydrogen) atoms. The topological polar surface area (TPSA) is 77.6 Å². The van der Waals surface area contributed by atoms with Crippen molar-refractivity contribution in [3.8, 4) is 16.9 Å². The number of hydrogen-bond donors (Lipinski definition) is 1. The molecule has 0 saturated heterocycles. The molecule has 4 aromatic rings. The SMILES string of the molecule is C[C@@H](NC(=O)c1ccc(-c2cn(-c3ccccc3)cn2)cc1)c1ncnn1C. The lowest BCUT2D eigenvalue weighted by Gasteiger charge is -2.13. The van der Waals surface area contributed by atoms with E-state index in [0.29, 0.717) is 11.4 Å². The second kappa shape index (κ2) is 7.48. The lowest BCUT2D eigenvalue weighted by molar-refractivity contribution is 0.0937. The highest BCUT2D eigenvalue weighted by Crippen LogP contribution is 2.20. The summed E-state index contributed by atoms with van der Waals surface area (Å²) in [6, 6.07) is 17.2. The molecule has 2 aromatic carbocycles. The van der Waals surface area contributed by atoms with Crippen molar-refractivity contribution in [2.24, 2.45) is 7.05 Å². The van der Waals surface area contributed by atoms with Gasteiger partial charge in [0.2, 0.25) is 0 Å². The number of rotatable bonds is 5. The van der Waals surface area contributed by atoms with Crippen molar-refractivity contribution in [2.45, 2.75) is 13.0 Å². The number of nitrogens with one attached hydrogen (secondary N) is 1. The van der Waals surface area contributed by atoms with Crippen LogP contribution in [0.15, 0.2) is 73.4 Å². The Balaban J connectivity index is 1.47. The molecule has 2 heterocycles. The molecule has 0 aliphatic carbocycles. The molecule has 2 aromatic heterocycles. The molecule has 1 atom stereocenters. The van der Waals surface area contributed by atoms with Gasteiger partial charge in [-0.15, -0.1) is 0 Å². The van der Waals surface area contributed by atoms with Crippen LogP contribution in [-0.4, -0.2) is 30.2 Å². The highest BCUT2D eigenvalue weighted by Gasteiger charge is 2.15. The zero-order valence-electron chi connectivity index (χ0n) is 15.6. The first kappa shape index (κ1) is 17.7. The standard InChI is InChI=1S/C21H20N6O/c1-15(20-22-13-24-26(20)2)25-21(28)17-10-8-16(9-11-17)19-12-27(14-23-19)18-6-4-3-5-7-18/h3-15H,1-2H3,(H,25,28)/t15-/m1/s1. The summed E-state index contributed by atoms with van der Waals surface area (Å²) in [5, 5.41) is 6.97. The summed E-state index contributed by atoms with van der Waals surface area (Å²) >= 11 is 0. The van der Waals surface area contributed by atoms with Gasteiger partial charge in [-0.3, -0.25) is 9.48 Å². The number of aromatic nitrogens is 5. The predicted molar refractivity (Wildman–Crippen MR) is 106 cm³/mol. The number of nitrogens with zero attached hydrogens (tertiary/aromatic N) is 5. The summed E-state index contributed by atoms with van der Waals surface area (Å²) in [4.78, 5) is 21.2. The molecular weight excluding hydrogens is 352 g/mol.